The summed E-state index contributed by atoms with van der Waals surface area (Å²) in [4.78, 5) is 2.63. The Hall–Kier alpha value is -1.16. The summed E-state index contributed by atoms with van der Waals surface area (Å²) >= 11 is 3.52. The number of nitrogens with zero attached hydrogens (tertiary/aromatic N) is 1. The molecule has 3 fully saturated rings. The lowest BCUT2D eigenvalue weighted by atomic mass is 9.84. The fourth-order valence-electron chi connectivity index (χ4n) is 4.96. The van der Waals surface area contributed by atoms with Crippen molar-refractivity contribution < 1.29 is 5.11 Å². The maximum atomic E-state index is 11.7. The molecule has 1 aliphatic carbocycles. The fraction of sp³-hybridized carbons (Fsp3) is 0.500. The molecule has 2 bridgehead atoms. The van der Waals surface area contributed by atoms with Gasteiger partial charge in [0.05, 0.1) is 5.60 Å². The third kappa shape index (κ3) is 4.82. The molecule has 2 aliphatic heterocycles. The predicted octanol–water partition coefficient (Wildman–Crippen LogP) is 5.39. The Morgan fingerprint density at radius 1 is 0.889 bits per heavy atom. The molecule has 0 amide bonds. The van der Waals surface area contributed by atoms with Crippen LogP contribution in [-0.4, -0.2) is 29.6 Å². The van der Waals surface area contributed by atoms with Gasteiger partial charge in [-0.2, -0.15) is 0 Å². The van der Waals surface area contributed by atoms with Gasteiger partial charge in [-0.15, -0.1) is 0 Å². The van der Waals surface area contributed by atoms with Crippen LogP contribution >= 0.6 is 15.9 Å². The van der Waals surface area contributed by atoms with Crippen LogP contribution in [0.4, 0.5) is 0 Å². The Kier molecular flexibility index (Phi) is 6.01. The van der Waals surface area contributed by atoms with Crippen LogP contribution < -0.4 is 0 Å². The van der Waals surface area contributed by atoms with Gasteiger partial charge in [0.1, 0.15) is 0 Å². The molecule has 2 heterocycles. The van der Waals surface area contributed by atoms with Gasteiger partial charge in [-0.05, 0) is 67.2 Å². The molecular weight excluding hydrogens is 398 g/mol. The van der Waals surface area contributed by atoms with E-state index in [4.69, 9.17) is 0 Å². The van der Waals surface area contributed by atoms with E-state index in [0.29, 0.717) is 6.42 Å². The van der Waals surface area contributed by atoms with Crippen LogP contribution in [0.15, 0.2) is 59.1 Å². The Balaban J connectivity index is 1.51. The third-order valence-electron chi connectivity index (χ3n) is 6.56. The highest BCUT2D eigenvalue weighted by atomic mass is 79.9. The van der Waals surface area contributed by atoms with Crippen LogP contribution in [0.2, 0.25) is 0 Å². The Morgan fingerprint density at radius 2 is 1.48 bits per heavy atom. The van der Waals surface area contributed by atoms with Crippen LogP contribution in [-0.2, 0) is 12.0 Å². The average molecular weight is 428 g/mol. The molecule has 2 saturated heterocycles. The maximum absolute atomic E-state index is 11.7. The van der Waals surface area contributed by atoms with E-state index in [2.05, 4.69) is 57.2 Å². The molecular formula is C24H30BrNO. The van der Waals surface area contributed by atoms with Crippen molar-refractivity contribution in [3.63, 3.8) is 0 Å². The highest BCUT2D eigenvalue weighted by Gasteiger charge is 2.33. The van der Waals surface area contributed by atoms with Gasteiger partial charge in [-0.3, -0.25) is 0 Å². The van der Waals surface area contributed by atoms with Crippen LogP contribution in [0, 0.1) is 11.8 Å². The number of hydrogen-bond acceptors (Lipinski definition) is 2. The van der Waals surface area contributed by atoms with Gasteiger partial charge in [0.15, 0.2) is 0 Å². The predicted molar refractivity (Wildman–Crippen MR) is 115 cm³/mol. The Labute approximate surface area is 171 Å². The van der Waals surface area contributed by atoms with Crippen molar-refractivity contribution in [3.8, 4) is 0 Å². The molecule has 1 atom stereocenters. The van der Waals surface area contributed by atoms with E-state index in [-0.39, 0.29) is 0 Å². The van der Waals surface area contributed by atoms with Gasteiger partial charge in [0.25, 0.3) is 0 Å². The first-order chi connectivity index (χ1) is 13.1. The SMILES string of the molecule is OC(CCN1CC2CCC(CC2)C1)(Cc1ccccc1)c1ccc(Br)cc1. The second-order valence-electron chi connectivity index (χ2n) is 8.60. The molecule has 2 aromatic carbocycles. The summed E-state index contributed by atoms with van der Waals surface area (Å²) in [5.41, 5.74) is 1.39. The zero-order chi connectivity index (χ0) is 18.7. The summed E-state index contributed by atoms with van der Waals surface area (Å²) < 4.78 is 1.05. The summed E-state index contributed by atoms with van der Waals surface area (Å²) in [6.07, 6.45) is 7.06. The lowest BCUT2D eigenvalue weighted by Crippen LogP contribution is -2.37. The van der Waals surface area contributed by atoms with Crippen molar-refractivity contribution in [2.45, 2.75) is 44.1 Å². The second kappa shape index (κ2) is 8.46. The average Bonchev–Trinajstić information content (AvgIpc) is 3.01. The molecule has 5 rings (SSSR count). The zero-order valence-electron chi connectivity index (χ0n) is 16.0. The summed E-state index contributed by atoms with van der Waals surface area (Å²) in [7, 11) is 0. The maximum Gasteiger partial charge on any atom is 0.0948 e. The molecule has 1 unspecified atom stereocenters. The summed E-state index contributed by atoms with van der Waals surface area (Å²) in [6, 6.07) is 18.6. The molecule has 3 heteroatoms. The smallest absolute Gasteiger partial charge is 0.0948 e. The van der Waals surface area contributed by atoms with Gasteiger partial charge < -0.3 is 10.0 Å². The number of fused-ring (bicyclic) bond motifs is 4. The van der Waals surface area contributed by atoms with E-state index >= 15 is 0 Å². The number of benzene rings is 2. The highest BCUT2D eigenvalue weighted by molar-refractivity contribution is 9.10. The van der Waals surface area contributed by atoms with E-state index < -0.39 is 5.60 Å². The third-order valence-corrected chi connectivity index (χ3v) is 7.09. The number of rotatable bonds is 6. The molecule has 0 radical (unpaired) electrons. The van der Waals surface area contributed by atoms with E-state index in [0.717, 1.165) is 34.8 Å². The van der Waals surface area contributed by atoms with Crippen molar-refractivity contribution in [2.75, 3.05) is 19.6 Å². The van der Waals surface area contributed by atoms with Crippen molar-refractivity contribution in [1.29, 1.82) is 0 Å². The molecule has 1 saturated carbocycles. The molecule has 0 aromatic heterocycles. The van der Waals surface area contributed by atoms with Crippen molar-refractivity contribution in [3.05, 3.63) is 70.2 Å². The van der Waals surface area contributed by atoms with E-state index in [1.165, 1.54) is 44.3 Å². The van der Waals surface area contributed by atoms with E-state index in [1.54, 1.807) is 0 Å². The number of halogens is 1. The Bertz CT molecular complexity index is 710. The van der Waals surface area contributed by atoms with Gasteiger partial charge in [-0.25, -0.2) is 0 Å². The van der Waals surface area contributed by atoms with Crippen molar-refractivity contribution >= 4 is 15.9 Å². The molecule has 1 N–H and O–H groups in total. The van der Waals surface area contributed by atoms with Crippen LogP contribution in [0.1, 0.15) is 43.2 Å². The van der Waals surface area contributed by atoms with Crippen LogP contribution in [0.25, 0.3) is 0 Å². The van der Waals surface area contributed by atoms with Gasteiger partial charge >= 0.3 is 0 Å². The molecule has 2 nitrogen and oxygen atoms in total. The van der Waals surface area contributed by atoms with Crippen molar-refractivity contribution in [1.82, 2.24) is 4.90 Å². The first-order valence-electron chi connectivity index (χ1n) is 10.4. The van der Waals surface area contributed by atoms with E-state index in [1.807, 2.05) is 18.2 Å². The normalized spacial score (nSPS) is 25.1. The zero-order valence-corrected chi connectivity index (χ0v) is 17.6. The minimum absolute atomic E-state index is 0.663. The molecule has 27 heavy (non-hydrogen) atoms. The van der Waals surface area contributed by atoms with Gasteiger partial charge in [-0.1, -0.05) is 58.4 Å². The minimum Gasteiger partial charge on any atom is -0.385 e. The summed E-state index contributed by atoms with van der Waals surface area (Å²) in [5, 5.41) is 11.7. The number of aliphatic hydroxyl groups is 1. The largest absolute Gasteiger partial charge is 0.385 e. The lowest BCUT2D eigenvalue weighted by molar-refractivity contribution is 0.0163. The lowest BCUT2D eigenvalue weighted by Gasteiger charge is -2.32. The second-order valence-corrected chi connectivity index (χ2v) is 9.51. The van der Waals surface area contributed by atoms with Gasteiger partial charge in [0, 0.05) is 30.5 Å². The number of hydrogen-bond donors (Lipinski definition) is 1. The topological polar surface area (TPSA) is 23.5 Å². The minimum atomic E-state index is -0.826. The molecule has 144 valence electrons. The Morgan fingerprint density at radius 3 is 2.07 bits per heavy atom. The standard InChI is InChI=1S/C24H30BrNO/c25-23-12-10-22(11-13-23)24(27,16-19-4-2-1-3-5-19)14-15-26-17-20-6-7-21(18-26)9-8-20/h1-5,10-13,20-21,27H,6-9,14-18H2. The monoisotopic (exact) mass is 427 g/mol. The summed E-state index contributed by atoms with van der Waals surface area (Å²) in [6.45, 7) is 3.42. The first kappa shape index (κ1) is 19.2. The molecule has 3 aliphatic rings. The highest BCUT2D eigenvalue weighted by Crippen LogP contribution is 2.35. The first-order valence-corrected chi connectivity index (χ1v) is 11.1. The van der Waals surface area contributed by atoms with E-state index in [9.17, 15) is 5.11 Å². The summed E-state index contributed by atoms with van der Waals surface area (Å²) in [5.74, 6) is 1.75. The molecule has 2 aromatic rings. The van der Waals surface area contributed by atoms with Crippen LogP contribution in [0.5, 0.6) is 0 Å². The van der Waals surface area contributed by atoms with Crippen LogP contribution in [0.3, 0.4) is 0 Å². The van der Waals surface area contributed by atoms with Gasteiger partial charge in [0.2, 0.25) is 0 Å². The molecule has 0 spiro atoms. The van der Waals surface area contributed by atoms with Crippen molar-refractivity contribution in [2.24, 2.45) is 11.8 Å². The fourth-order valence-corrected chi connectivity index (χ4v) is 5.22. The quantitative estimate of drug-likeness (QED) is 0.667.